The van der Waals surface area contributed by atoms with E-state index < -0.39 is 65.9 Å². The molecule has 3 unspecified atom stereocenters. The number of aromatic nitrogens is 2. The van der Waals surface area contributed by atoms with Crippen LogP contribution in [-0.2, 0) is 57.4 Å². The van der Waals surface area contributed by atoms with Crippen LogP contribution in [0.1, 0.15) is 77.3 Å². The fourth-order valence-electron chi connectivity index (χ4n) is 8.74. The molecule has 18 heteroatoms. The van der Waals surface area contributed by atoms with Gasteiger partial charge in [0.1, 0.15) is 24.1 Å². The fraction of sp³-hybridized carbons (Fsp3) is 0.300. The number of aromatic amines is 2. The van der Waals surface area contributed by atoms with Crippen molar-refractivity contribution < 1.29 is 48.1 Å². The van der Waals surface area contributed by atoms with Gasteiger partial charge in [0, 0.05) is 67.4 Å². The van der Waals surface area contributed by atoms with Crippen molar-refractivity contribution in [3.05, 3.63) is 191 Å². The van der Waals surface area contributed by atoms with Crippen molar-refractivity contribution in [3.63, 3.8) is 0 Å². The SMILES string of the molecule is CCOC1OC1/C=C/[C@H](CCC(N)=O)NC(=O)[C@H](Cc1ccccc1)NC(=O)c1ccc(-c2cccc(CCOC(=O)/C=C/[C@H](CCC(N)=O)NC(=O)[C@H](Cc3ccccc3)NC(O)c3ccc(-c4ccccc4C)[nH]3)c2)[nH]1. The van der Waals surface area contributed by atoms with Crippen LogP contribution in [0.3, 0.4) is 0 Å². The van der Waals surface area contributed by atoms with Crippen molar-refractivity contribution in [3.8, 4) is 22.5 Å². The van der Waals surface area contributed by atoms with E-state index in [1.54, 1.807) is 30.4 Å². The van der Waals surface area contributed by atoms with Crippen LogP contribution in [0.25, 0.3) is 22.5 Å². The first-order valence-electron chi connectivity index (χ1n) is 26.0. The summed E-state index contributed by atoms with van der Waals surface area (Å²) in [6, 6.07) is 37.7. The van der Waals surface area contributed by atoms with Crippen molar-refractivity contribution in [1.29, 1.82) is 0 Å². The Kier molecular flexibility index (Phi) is 21.0. The molecule has 1 saturated heterocycles. The molecule has 7 rings (SSSR count). The van der Waals surface area contributed by atoms with Crippen LogP contribution in [0, 0.1) is 6.92 Å². The number of H-pyrrole nitrogens is 2. The van der Waals surface area contributed by atoms with Gasteiger partial charge in [-0.1, -0.05) is 121 Å². The number of hydrogen-bond donors (Lipinski definition) is 9. The number of epoxide rings is 1. The standard InChI is InChI=1S/C60H68N8O10/c1-3-76-60-52(78-60)29-21-43(22-30-53(61)69)63-58(74)50(36-39-14-6-4-7-15-39)67-56(72)48-27-25-46(65-48)42-19-12-18-41(35-42)33-34-77-55(71)32-24-44(23-31-54(62)70)64-59(75)51(37-40-16-8-5-9-17-40)68-57(73)49-28-26-47(66-49)45-20-11-10-13-38(45)2/h4-21,24-29,32,35,43-44,50-52,57,60,65-66,68,73H,3,22-23,30-31,33-34,36-37H2,1-2H3,(H2,61,69)(H2,62,70)(H,63,74)(H,64,75)(H,67,72)/b29-21+,32-24+/t43-,44+,50+,51+,52?,57?,60?/m1/s1. The summed E-state index contributed by atoms with van der Waals surface area (Å²) < 4.78 is 16.5. The van der Waals surface area contributed by atoms with Crippen LogP contribution < -0.4 is 32.7 Å². The van der Waals surface area contributed by atoms with Crippen LogP contribution in [0.15, 0.2) is 158 Å². The van der Waals surface area contributed by atoms with Gasteiger partial charge in [-0.2, -0.15) is 0 Å². The lowest BCUT2D eigenvalue weighted by molar-refractivity contribution is -0.137. The number of carbonyl (C=O) groups is 6. The van der Waals surface area contributed by atoms with Crippen LogP contribution in [0.5, 0.6) is 0 Å². The summed E-state index contributed by atoms with van der Waals surface area (Å²) in [5.41, 5.74) is 18.3. The summed E-state index contributed by atoms with van der Waals surface area (Å²) in [6.45, 7) is 4.36. The van der Waals surface area contributed by atoms with Gasteiger partial charge in [-0.3, -0.25) is 29.3 Å². The fourth-order valence-corrected chi connectivity index (χ4v) is 8.74. The Morgan fingerprint density at radius 3 is 1.97 bits per heavy atom. The minimum atomic E-state index is -1.25. The number of ether oxygens (including phenoxy) is 3. The number of hydrogen-bond acceptors (Lipinski definition) is 11. The largest absolute Gasteiger partial charge is 0.462 e. The number of carbonyl (C=O) groups excluding carboxylic acids is 6. The predicted molar refractivity (Wildman–Crippen MR) is 295 cm³/mol. The molecule has 5 amide bonds. The van der Waals surface area contributed by atoms with E-state index in [2.05, 4.69) is 31.2 Å². The number of nitrogens with one attached hydrogen (secondary N) is 6. The number of benzene rings is 4. The molecule has 0 spiro atoms. The Hall–Kier alpha value is -8.42. The first-order chi connectivity index (χ1) is 37.7. The highest BCUT2D eigenvalue weighted by molar-refractivity contribution is 5.97. The van der Waals surface area contributed by atoms with Crippen LogP contribution in [-0.4, -0.2) is 100 Å². The van der Waals surface area contributed by atoms with Gasteiger partial charge in [0.15, 0.2) is 6.29 Å². The lowest BCUT2D eigenvalue weighted by atomic mass is 10.0. The summed E-state index contributed by atoms with van der Waals surface area (Å²) in [5.74, 6) is -3.21. The van der Waals surface area contributed by atoms with Gasteiger partial charge < -0.3 is 56.7 Å². The van der Waals surface area contributed by atoms with E-state index in [1.807, 2.05) is 129 Å². The number of aliphatic hydroxyl groups excluding tert-OH is 1. The third-order valence-corrected chi connectivity index (χ3v) is 13.0. The van der Waals surface area contributed by atoms with Crippen LogP contribution >= 0.6 is 0 Å². The lowest BCUT2D eigenvalue weighted by Crippen LogP contribution is -2.50. The monoisotopic (exact) mass is 1060 g/mol. The Balaban J connectivity index is 0.948. The van der Waals surface area contributed by atoms with Crippen molar-refractivity contribution in [2.75, 3.05) is 13.2 Å². The zero-order valence-corrected chi connectivity index (χ0v) is 43.7. The highest BCUT2D eigenvalue weighted by Gasteiger charge is 2.37. The van der Waals surface area contributed by atoms with E-state index in [0.717, 1.165) is 39.1 Å². The maximum atomic E-state index is 14.0. The van der Waals surface area contributed by atoms with Gasteiger partial charge in [-0.15, -0.1) is 0 Å². The van der Waals surface area contributed by atoms with E-state index >= 15 is 0 Å². The van der Waals surface area contributed by atoms with Crippen molar-refractivity contribution >= 4 is 35.5 Å². The van der Waals surface area contributed by atoms with Gasteiger partial charge in [0.2, 0.25) is 23.6 Å². The highest BCUT2D eigenvalue weighted by Crippen LogP contribution is 2.26. The summed E-state index contributed by atoms with van der Waals surface area (Å²) >= 11 is 0. The molecule has 2 aromatic heterocycles. The number of rotatable bonds is 30. The third-order valence-electron chi connectivity index (χ3n) is 13.0. The molecule has 408 valence electrons. The highest BCUT2D eigenvalue weighted by atomic mass is 16.8. The average molecular weight is 1060 g/mol. The van der Waals surface area contributed by atoms with Gasteiger partial charge in [-0.25, -0.2) is 4.79 Å². The topological polar surface area (TPSA) is 285 Å². The van der Waals surface area contributed by atoms with E-state index in [9.17, 15) is 33.9 Å². The zero-order chi connectivity index (χ0) is 55.4. The van der Waals surface area contributed by atoms with E-state index in [-0.39, 0.29) is 63.2 Å². The van der Waals surface area contributed by atoms with Crippen molar-refractivity contribution in [1.82, 2.24) is 31.2 Å². The maximum absolute atomic E-state index is 14.0. The van der Waals surface area contributed by atoms with Crippen LogP contribution in [0.4, 0.5) is 0 Å². The quantitative estimate of drug-likeness (QED) is 0.00870. The number of primary amides is 2. The third kappa shape index (κ3) is 17.8. The Labute approximate surface area is 453 Å². The Morgan fingerprint density at radius 1 is 0.692 bits per heavy atom. The summed E-state index contributed by atoms with van der Waals surface area (Å²) in [5, 5.41) is 23.2. The second-order valence-electron chi connectivity index (χ2n) is 19.0. The summed E-state index contributed by atoms with van der Waals surface area (Å²) in [4.78, 5) is 84.8. The molecule has 0 saturated carbocycles. The summed E-state index contributed by atoms with van der Waals surface area (Å²) in [6.07, 6.45) is 5.35. The predicted octanol–water partition coefficient (Wildman–Crippen LogP) is 5.68. The molecule has 1 aliphatic heterocycles. The lowest BCUT2D eigenvalue weighted by Gasteiger charge is -2.24. The van der Waals surface area contributed by atoms with Gasteiger partial charge in [0.25, 0.3) is 5.91 Å². The molecule has 11 N–H and O–H groups in total. The molecular formula is C60H68N8O10. The molecule has 0 aliphatic carbocycles. The van der Waals surface area contributed by atoms with Crippen LogP contribution in [0.2, 0.25) is 0 Å². The molecule has 18 nitrogen and oxygen atoms in total. The Morgan fingerprint density at radius 2 is 1.31 bits per heavy atom. The van der Waals surface area contributed by atoms with Gasteiger partial charge >= 0.3 is 5.97 Å². The molecule has 6 aromatic rings. The van der Waals surface area contributed by atoms with Crippen molar-refractivity contribution in [2.24, 2.45) is 11.5 Å². The molecule has 1 fully saturated rings. The number of amides is 5. The minimum absolute atomic E-state index is 0.0147. The van der Waals surface area contributed by atoms with E-state index in [1.165, 1.54) is 12.2 Å². The second-order valence-corrected chi connectivity index (χ2v) is 19.0. The van der Waals surface area contributed by atoms with Gasteiger partial charge in [-0.05, 0) is 91.3 Å². The number of nitrogens with two attached hydrogens (primary N) is 2. The molecule has 0 bridgehead atoms. The number of aliphatic hydroxyl groups is 1. The second kappa shape index (κ2) is 28.6. The molecule has 3 heterocycles. The Bertz CT molecular complexity index is 3030. The number of aryl methyl sites for hydroxylation is 1. The molecule has 0 radical (unpaired) electrons. The molecular weight excluding hydrogens is 993 g/mol. The normalized spacial score (nSPS) is 15.9. The maximum Gasteiger partial charge on any atom is 0.330 e. The molecule has 4 aromatic carbocycles. The first-order valence-corrected chi connectivity index (χ1v) is 26.0. The van der Waals surface area contributed by atoms with Gasteiger partial charge in [0.05, 0.1) is 18.3 Å². The molecule has 1 aliphatic rings. The smallest absolute Gasteiger partial charge is 0.330 e. The average Bonchev–Trinajstić information content (AvgIpc) is 3.73. The number of esters is 1. The molecule has 78 heavy (non-hydrogen) atoms. The minimum Gasteiger partial charge on any atom is -0.462 e. The molecule has 7 atom stereocenters. The van der Waals surface area contributed by atoms with E-state index in [4.69, 9.17) is 25.7 Å². The van der Waals surface area contributed by atoms with Crippen molar-refractivity contribution in [2.45, 2.75) is 102 Å². The first kappa shape index (κ1) is 57.3. The summed E-state index contributed by atoms with van der Waals surface area (Å²) in [7, 11) is 0. The van der Waals surface area contributed by atoms with E-state index in [0.29, 0.717) is 24.4 Å². The zero-order valence-electron chi connectivity index (χ0n) is 43.7.